The number of nitrogens with one attached hydrogen (secondary N) is 4. The molecular formula is C24H29N7O. The Hall–Kier alpha value is -3.39. The molecule has 3 heterocycles. The molecule has 1 aliphatic carbocycles. The van der Waals surface area contributed by atoms with Crippen LogP contribution in [0.2, 0.25) is 0 Å². The summed E-state index contributed by atoms with van der Waals surface area (Å²) in [7, 11) is 0. The summed E-state index contributed by atoms with van der Waals surface area (Å²) in [4.78, 5) is 21.8. The number of amides is 1. The van der Waals surface area contributed by atoms with Gasteiger partial charge in [-0.15, -0.1) is 0 Å². The smallest absolute Gasteiger partial charge is 0.255 e. The summed E-state index contributed by atoms with van der Waals surface area (Å²) in [5, 5.41) is 13.1. The van der Waals surface area contributed by atoms with Crippen molar-refractivity contribution in [1.29, 1.82) is 0 Å². The largest absolute Gasteiger partial charge is 0.350 e. The van der Waals surface area contributed by atoms with E-state index in [4.69, 9.17) is 0 Å². The summed E-state index contributed by atoms with van der Waals surface area (Å²) in [5.41, 5.74) is 4.83. The Kier molecular flexibility index (Phi) is 5.53. The van der Waals surface area contributed by atoms with Crippen LogP contribution in [0.5, 0.6) is 0 Å². The number of fused-ring (bicyclic) bond motifs is 1. The highest BCUT2D eigenvalue weighted by Gasteiger charge is 2.26. The third-order valence-electron chi connectivity index (χ3n) is 5.79. The molecule has 1 fully saturated rings. The predicted octanol–water partition coefficient (Wildman–Crippen LogP) is 3.88. The normalized spacial score (nSPS) is 15.3. The second kappa shape index (κ2) is 8.63. The van der Waals surface area contributed by atoms with Gasteiger partial charge in [0.25, 0.3) is 5.91 Å². The van der Waals surface area contributed by atoms with Crippen molar-refractivity contribution in [2.24, 2.45) is 0 Å². The molecule has 2 aromatic heterocycles. The van der Waals surface area contributed by atoms with E-state index in [9.17, 15) is 4.79 Å². The van der Waals surface area contributed by atoms with Gasteiger partial charge in [0.15, 0.2) is 0 Å². The first-order chi connectivity index (χ1) is 15.6. The van der Waals surface area contributed by atoms with Crippen LogP contribution < -0.4 is 21.3 Å². The van der Waals surface area contributed by atoms with Crippen molar-refractivity contribution in [2.45, 2.75) is 51.7 Å². The highest BCUT2D eigenvalue weighted by molar-refractivity contribution is 6.00. The molecule has 8 nitrogen and oxygen atoms in total. The van der Waals surface area contributed by atoms with Gasteiger partial charge in [0.05, 0.1) is 11.3 Å². The van der Waals surface area contributed by atoms with Crippen LogP contribution in [0.3, 0.4) is 0 Å². The van der Waals surface area contributed by atoms with Crippen molar-refractivity contribution in [3.05, 3.63) is 59.5 Å². The minimum Gasteiger partial charge on any atom is -0.350 e. The SMILES string of the molecule is CC(C)NC(=O)c1cnc(Nc2ccc3c(c2)CNCC3)cc1Nc1nccn1C1CC1. The number of hydrogen-bond acceptors (Lipinski definition) is 6. The predicted molar refractivity (Wildman–Crippen MR) is 126 cm³/mol. The number of nitrogens with zero attached hydrogens (tertiary/aromatic N) is 3. The summed E-state index contributed by atoms with van der Waals surface area (Å²) < 4.78 is 2.13. The maximum absolute atomic E-state index is 12.8. The minimum absolute atomic E-state index is 0.0331. The molecular weight excluding hydrogens is 402 g/mol. The van der Waals surface area contributed by atoms with Crippen molar-refractivity contribution in [1.82, 2.24) is 25.2 Å². The number of carbonyl (C=O) groups excluding carboxylic acids is 1. The van der Waals surface area contributed by atoms with Gasteiger partial charge in [-0.1, -0.05) is 6.07 Å². The quantitative estimate of drug-likeness (QED) is 0.453. The van der Waals surface area contributed by atoms with Gasteiger partial charge >= 0.3 is 0 Å². The van der Waals surface area contributed by atoms with E-state index >= 15 is 0 Å². The first-order valence-electron chi connectivity index (χ1n) is 11.3. The average Bonchev–Trinajstić information content (AvgIpc) is 3.52. The van der Waals surface area contributed by atoms with Gasteiger partial charge in [0.2, 0.25) is 5.95 Å². The maximum Gasteiger partial charge on any atom is 0.255 e. The highest BCUT2D eigenvalue weighted by Crippen LogP contribution is 2.37. The van der Waals surface area contributed by atoms with E-state index in [1.807, 2.05) is 26.1 Å². The molecule has 166 valence electrons. The van der Waals surface area contributed by atoms with Gasteiger partial charge < -0.3 is 25.8 Å². The number of hydrogen-bond donors (Lipinski definition) is 4. The van der Waals surface area contributed by atoms with Gasteiger partial charge in [0, 0.05) is 49.0 Å². The van der Waals surface area contributed by atoms with E-state index in [0.29, 0.717) is 23.1 Å². The van der Waals surface area contributed by atoms with Crippen LogP contribution in [0.1, 0.15) is 54.2 Å². The van der Waals surface area contributed by atoms with Gasteiger partial charge in [-0.2, -0.15) is 0 Å². The second-order valence-electron chi connectivity index (χ2n) is 8.79. The molecule has 0 spiro atoms. The molecule has 1 aromatic carbocycles. The van der Waals surface area contributed by atoms with Crippen molar-refractivity contribution < 1.29 is 4.79 Å². The Morgan fingerprint density at radius 2 is 2.03 bits per heavy atom. The Morgan fingerprint density at radius 3 is 2.84 bits per heavy atom. The fourth-order valence-corrected chi connectivity index (χ4v) is 4.03. The third-order valence-corrected chi connectivity index (χ3v) is 5.79. The van der Waals surface area contributed by atoms with Crippen LogP contribution in [0.4, 0.5) is 23.1 Å². The molecule has 1 amide bonds. The summed E-state index contributed by atoms with van der Waals surface area (Å²) in [6.07, 6.45) is 8.75. The maximum atomic E-state index is 12.8. The Labute approximate surface area is 187 Å². The number of imidazole rings is 1. The van der Waals surface area contributed by atoms with E-state index < -0.39 is 0 Å². The number of carbonyl (C=O) groups is 1. The topological polar surface area (TPSA) is 95.9 Å². The summed E-state index contributed by atoms with van der Waals surface area (Å²) >= 11 is 0. The molecule has 2 aliphatic rings. The zero-order valence-electron chi connectivity index (χ0n) is 18.5. The number of benzene rings is 1. The second-order valence-corrected chi connectivity index (χ2v) is 8.79. The zero-order valence-corrected chi connectivity index (χ0v) is 18.5. The lowest BCUT2D eigenvalue weighted by molar-refractivity contribution is 0.0943. The molecule has 0 unspecified atom stereocenters. The standard InChI is InChI=1S/C24H29N7O/c1-15(2)28-23(32)20-14-27-22(29-18-4-3-16-7-8-25-13-17(16)11-18)12-21(20)30-24-26-9-10-31(24)19-5-6-19/h3-4,9-12,14-15,19,25H,5-8,13H2,1-2H3,(H,28,32)(H2,26,27,29,30). The molecule has 1 saturated carbocycles. The average molecular weight is 432 g/mol. The van der Waals surface area contributed by atoms with E-state index in [0.717, 1.165) is 44.0 Å². The van der Waals surface area contributed by atoms with Crippen LogP contribution in [0.25, 0.3) is 0 Å². The Bertz CT molecular complexity index is 1130. The first-order valence-corrected chi connectivity index (χ1v) is 11.3. The van der Waals surface area contributed by atoms with Crippen molar-refractivity contribution in [3.8, 4) is 0 Å². The third kappa shape index (κ3) is 4.45. The van der Waals surface area contributed by atoms with Gasteiger partial charge in [-0.3, -0.25) is 4.79 Å². The lowest BCUT2D eigenvalue weighted by Crippen LogP contribution is -2.30. The van der Waals surface area contributed by atoms with E-state index in [2.05, 4.69) is 54.0 Å². The molecule has 8 heteroatoms. The van der Waals surface area contributed by atoms with E-state index in [-0.39, 0.29) is 11.9 Å². The number of rotatable bonds is 7. The number of anilines is 4. The molecule has 32 heavy (non-hydrogen) atoms. The van der Waals surface area contributed by atoms with Crippen LogP contribution in [0.15, 0.2) is 42.9 Å². The monoisotopic (exact) mass is 431 g/mol. The summed E-state index contributed by atoms with van der Waals surface area (Å²) in [6.45, 7) is 5.79. The van der Waals surface area contributed by atoms with Crippen molar-refractivity contribution in [2.75, 3.05) is 17.2 Å². The zero-order chi connectivity index (χ0) is 22.1. The Morgan fingerprint density at radius 1 is 1.16 bits per heavy atom. The molecule has 4 N–H and O–H groups in total. The van der Waals surface area contributed by atoms with Crippen LogP contribution in [-0.4, -0.2) is 33.0 Å². The summed E-state index contributed by atoms with van der Waals surface area (Å²) in [6, 6.07) is 8.81. The minimum atomic E-state index is -0.161. The van der Waals surface area contributed by atoms with E-state index in [1.54, 1.807) is 12.4 Å². The number of pyridine rings is 1. The molecule has 0 radical (unpaired) electrons. The van der Waals surface area contributed by atoms with E-state index in [1.165, 1.54) is 11.1 Å². The molecule has 0 bridgehead atoms. The fourth-order valence-electron chi connectivity index (χ4n) is 4.03. The molecule has 1 aliphatic heterocycles. The molecule has 5 rings (SSSR count). The van der Waals surface area contributed by atoms with Gasteiger partial charge in [-0.25, -0.2) is 9.97 Å². The first kappa shape index (κ1) is 20.5. The Balaban J connectivity index is 1.44. The fraction of sp³-hybridized carbons (Fsp3) is 0.375. The lowest BCUT2D eigenvalue weighted by Gasteiger charge is -2.19. The van der Waals surface area contributed by atoms with Gasteiger partial charge in [-0.05, 0) is 62.9 Å². The van der Waals surface area contributed by atoms with Crippen LogP contribution in [-0.2, 0) is 13.0 Å². The lowest BCUT2D eigenvalue weighted by atomic mass is 10.0. The van der Waals surface area contributed by atoms with Crippen molar-refractivity contribution in [3.63, 3.8) is 0 Å². The molecule has 3 aromatic rings. The molecule has 0 saturated heterocycles. The van der Waals surface area contributed by atoms with Crippen molar-refractivity contribution >= 4 is 29.0 Å². The molecule has 0 atom stereocenters. The summed E-state index contributed by atoms with van der Waals surface area (Å²) in [5.74, 6) is 1.25. The highest BCUT2D eigenvalue weighted by atomic mass is 16.1. The number of aromatic nitrogens is 3. The van der Waals surface area contributed by atoms with Crippen LogP contribution in [0, 0.1) is 0 Å². The van der Waals surface area contributed by atoms with Crippen LogP contribution >= 0.6 is 0 Å². The van der Waals surface area contributed by atoms with Gasteiger partial charge in [0.1, 0.15) is 5.82 Å².